The Labute approximate surface area is 99.5 Å². The van der Waals surface area contributed by atoms with Gasteiger partial charge in [0.2, 0.25) is 0 Å². The molecule has 5 nitrogen and oxygen atoms in total. The first-order valence-corrected chi connectivity index (χ1v) is 5.37. The summed E-state index contributed by atoms with van der Waals surface area (Å²) in [7, 11) is 1.32. The number of fused-ring (bicyclic) bond motifs is 1. The van der Waals surface area contributed by atoms with Crippen LogP contribution in [-0.2, 0) is 9.53 Å². The number of nitrogens with two attached hydrogens (primary N) is 1. The van der Waals surface area contributed by atoms with Crippen molar-refractivity contribution in [2.45, 2.75) is 13.0 Å². The molecule has 5 heteroatoms. The molecule has 17 heavy (non-hydrogen) atoms. The lowest BCUT2D eigenvalue weighted by atomic mass is 10.0. The van der Waals surface area contributed by atoms with E-state index in [4.69, 9.17) is 15.2 Å². The highest BCUT2D eigenvalue weighted by atomic mass is 16.6. The Hall–Kier alpha value is -1.75. The van der Waals surface area contributed by atoms with E-state index < -0.39 is 12.0 Å². The van der Waals surface area contributed by atoms with Gasteiger partial charge in [-0.2, -0.15) is 0 Å². The molecule has 2 rings (SSSR count). The van der Waals surface area contributed by atoms with Crippen molar-refractivity contribution >= 4 is 5.97 Å². The van der Waals surface area contributed by atoms with Crippen LogP contribution in [0, 0.1) is 6.92 Å². The highest BCUT2D eigenvalue weighted by Crippen LogP contribution is 2.34. The second kappa shape index (κ2) is 4.63. The number of esters is 1. The van der Waals surface area contributed by atoms with Gasteiger partial charge < -0.3 is 19.9 Å². The zero-order chi connectivity index (χ0) is 12.4. The van der Waals surface area contributed by atoms with Crippen LogP contribution >= 0.6 is 0 Å². The third-order valence-electron chi connectivity index (χ3n) is 2.72. The second-order valence-electron chi connectivity index (χ2n) is 3.85. The van der Waals surface area contributed by atoms with Crippen molar-refractivity contribution in [2.24, 2.45) is 5.73 Å². The van der Waals surface area contributed by atoms with Gasteiger partial charge >= 0.3 is 5.97 Å². The molecule has 0 saturated heterocycles. The van der Waals surface area contributed by atoms with E-state index in [0.29, 0.717) is 30.3 Å². The molecule has 0 fully saturated rings. The molecule has 92 valence electrons. The minimum absolute atomic E-state index is 0.468. The van der Waals surface area contributed by atoms with Crippen molar-refractivity contribution in [1.82, 2.24) is 0 Å². The summed E-state index contributed by atoms with van der Waals surface area (Å²) in [5.74, 6) is 0.843. The van der Waals surface area contributed by atoms with Gasteiger partial charge in [0.15, 0.2) is 11.5 Å². The van der Waals surface area contributed by atoms with Gasteiger partial charge in [0.25, 0.3) is 0 Å². The molecule has 1 aromatic rings. The van der Waals surface area contributed by atoms with Crippen LogP contribution in [0.5, 0.6) is 11.5 Å². The first kappa shape index (κ1) is 11.7. The van der Waals surface area contributed by atoms with Crippen LogP contribution in [0.4, 0.5) is 0 Å². The van der Waals surface area contributed by atoms with Crippen LogP contribution in [0.15, 0.2) is 12.1 Å². The number of aryl methyl sites for hydroxylation is 1. The SMILES string of the molecule is COC(=O)C(N)c1cc2c(cc1C)OCCO2. The van der Waals surface area contributed by atoms with Gasteiger partial charge in [-0.1, -0.05) is 0 Å². The minimum Gasteiger partial charge on any atom is -0.486 e. The van der Waals surface area contributed by atoms with E-state index in [9.17, 15) is 4.79 Å². The van der Waals surface area contributed by atoms with Crippen LogP contribution < -0.4 is 15.2 Å². The Bertz CT molecular complexity index is 444. The van der Waals surface area contributed by atoms with E-state index in [0.717, 1.165) is 5.56 Å². The number of hydrogen-bond acceptors (Lipinski definition) is 5. The molecular formula is C12H15NO4. The molecule has 0 bridgehead atoms. The molecule has 0 saturated carbocycles. The average Bonchev–Trinajstić information content (AvgIpc) is 2.36. The smallest absolute Gasteiger partial charge is 0.327 e. The number of hydrogen-bond donors (Lipinski definition) is 1. The Morgan fingerprint density at radius 3 is 2.53 bits per heavy atom. The average molecular weight is 237 g/mol. The minimum atomic E-state index is -0.796. The van der Waals surface area contributed by atoms with Gasteiger partial charge in [-0.25, -0.2) is 0 Å². The Kier molecular flexibility index (Phi) is 3.19. The Morgan fingerprint density at radius 1 is 1.35 bits per heavy atom. The molecule has 0 spiro atoms. The highest BCUT2D eigenvalue weighted by Gasteiger charge is 2.22. The molecule has 1 aliphatic rings. The summed E-state index contributed by atoms with van der Waals surface area (Å²) in [6.07, 6.45) is 0. The molecule has 2 N–H and O–H groups in total. The summed E-state index contributed by atoms with van der Waals surface area (Å²) in [4.78, 5) is 11.4. The van der Waals surface area contributed by atoms with E-state index in [1.54, 1.807) is 6.07 Å². The number of ether oxygens (including phenoxy) is 3. The van der Waals surface area contributed by atoms with Crippen LogP contribution in [0.25, 0.3) is 0 Å². The van der Waals surface area contributed by atoms with Gasteiger partial charge in [-0.3, -0.25) is 4.79 Å². The second-order valence-corrected chi connectivity index (χ2v) is 3.85. The lowest BCUT2D eigenvalue weighted by Gasteiger charge is -2.21. The summed E-state index contributed by atoms with van der Waals surface area (Å²) in [5.41, 5.74) is 7.39. The van der Waals surface area contributed by atoms with E-state index in [-0.39, 0.29) is 0 Å². The third-order valence-corrected chi connectivity index (χ3v) is 2.72. The molecule has 0 amide bonds. The number of carbonyl (C=O) groups excluding carboxylic acids is 1. The summed E-state index contributed by atoms with van der Waals surface area (Å²) in [6, 6.07) is 2.77. The fourth-order valence-electron chi connectivity index (χ4n) is 1.80. The molecule has 1 aliphatic heterocycles. The standard InChI is InChI=1S/C12H15NO4/c1-7-5-9-10(17-4-3-16-9)6-8(7)11(13)12(14)15-2/h5-6,11H,3-4,13H2,1-2H3. The van der Waals surface area contributed by atoms with Gasteiger partial charge in [-0.15, -0.1) is 0 Å². The van der Waals surface area contributed by atoms with E-state index >= 15 is 0 Å². The zero-order valence-electron chi connectivity index (χ0n) is 9.86. The quantitative estimate of drug-likeness (QED) is 0.775. The maximum Gasteiger partial charge on any atom is 0.327 e. The van der Waals surface area contributed by atoms with Crippen molar-refractivity contribution in [3.8, 4) is 11.5 Å². The van der Waals surface area contributed by atoms with Crippen molar-refractivity contribution in [2.75, 3.05) is 20.3 Å². The molecule has 0 radical (unpaired) electrons. The fourth-order valence-corrected chi connectivity index (χ4v) is 1.80. The number of rotatable bonds is 2. The van der Waals surface area contributed by atoms with Crippen molar-refractivity contribution in [3.63, 3.8) is 0 Å². The lowest BCUT2D eigenvalue weighted by molar-refractivity contribution is -0.142. The van der Waals surface area contributed by atoms with Gasteiger partial charge in [-0.05, 0) is 30.2 Å². The Morgan fingerprint density at radius 2 is 1.94 bits per heavy atom. The van der Waals surface area contributed by atoms with E-state index in [1.807, 2.05) is 13.0 Å². The van der Waals surface area contributed by atoms with Crippen LogP contribution in [0.1, 0.15) is 17.2 Å². The molecule has 1 atom stereocenters. The van der Waals surface area contributed by atoms with E-state index in [2.05, 4.69) is 4.74 Å². The maximum atomic E-state index is 11.4. The van der Waals surface area contributed by atoms with Crippen LogP contribution in [-0.4, -0.2) is 26.3 Å². The first-order chi connectivity index (χ1) is 8.13. The summed E-state index contributed by atoms with van der Waals surface area (Å²) >= 11 is 0. The Balaban J connectivity index is 2.37. The molecule has 0 aromatic heterocycles. The summed E-state index contributed by atoms with van der Waals surface area (Å²) < 4.78 is 15.5. The number of benzene rings is 1. The normalized spacial score (nSPS) is 15.2. The van der Waals surface area contributed by atoms with Gasteiger partial charge in [0, 0.05) is 0 Å². The molecule has 1 unspecified atom stereocenters. The van der Waals surface area contributed by atoms with Crippen LogP contribution in [0.2, 0.25) is 0 Å². The lowest BCUT2D eigenvalue weighted by Crippen LogP contribution is -2.24. The molecular weight excluding hydrogens is 222 g/mol. The molecule has 0 aliphatic carbocycles. The highest BCUT2D eigenvalue weighted by molar-refractivity contribution is 5.78. The van der Waals surface area contributed by atoms with Gasteiger partial charge in [0.05, 0.1) is 7.11 Å². The third kappa shape index (κ3) is 2.19. The fraction of sp³-hybridized carbons (Fsp3) is 0.417. The first-order valence-electron chi connectivity index (χ1n) is 5.37. The van der Waals surface area contributed by atoms with Crippen molar-refractivity contribution < 1.29 is 19.0 Å². The van der Waals surface area contributed by atoms with Crippen LogP contribution in [0.3, 0.4) is 0 Å². The largest absolute Gasteiger partial charge is 0.486 e. The molecule has 1 aromatic carbocycles. The van der Waals surface area contributed by atoms with Gasteiger partial charge in [0.1, 0.15) is 19.3 Å². The topological polar surface area (TPSA) is 70.8 Å². The van der Waals surface area contributed by atoms with Crippen molar-refractivity contribution in [3.05, 3.63) is 23.3 Å². The predicted molar refractivity (Wildman–Crippen MR) is 61.1 cm³/mol. The predicted octanol–water partition coefficient (Wildman–Crippen LogP) is 0.939. The summed E-state index contributed by atoms with van der Waals surface area (Å²) in [6.45, 7) is 2.91. The van der Waals surface area contributed by atoms with E-state index in [1.165, 1.54) is 7.11 Å². The number of carbonyl (C=O) groups is 1. The summed E-state index contributed by atoms with van der Waals surface area (Å²) in [5, 5.41) is 0. The molecule has 1 heterocycles. The maximum absolute atomic E-state index is 11.4. The zero-order valence-corrected chi connectivity index (χ0v) is 9.86. The number of methoxy groups -OCH3 is 1. The monoisotopic (exact) mass is 237 g/mol. The van der Waals surface area contributed by atoms with Crippen molar-refractivity contribution in [1.29, 1.82) is 0 Å².